The van der Waals surface area contributed by atoms with E-state index in [0.717, 1.165) is 39.8 Å². The zero-order valence-corrected chi connectivity index (χ0v) is 24.7. The Bertz CT molecular complexity index is 2150. The van der Waals surface area contributed by atoms with Gasteiger partial charge in [-0.15, -0.1) is 0 Å². The number of aromatic nitrogens is 1. The fourth-order valence-electron chi connectivity index (χ4n) is 6.38. The number of anilines is 6. The molecule has 0 saturated heterocycles. The zero-order chi connectivity index (χ0) is 30.0. The van der Waals surface area contributed by atoms with Gasteiger partial charge >= 0.3 is 0 Å². The summed E-state index contributed by atoms with van der Waals surface area (Å²) in [4.78, 5) is 4.67. The van der Waals surface area contributed by atoms with E-state index in [2.05, 4.69) is 202 Å². The number of hydrogen-bond donors (Lipinski definition) is 0. The van der Waals surface area contributed by atoms with Gasteiger partial charge in [-0.3, -0.25) is 0 Å². The van der Waals surface area contributed by atoms with E-state index in [4.69, 9.17) is 0 Å². The second-order valence-corrected chi connectivity index (χ2v) is 11.1. The molecule has 3 nitrogen and oxygen atoms in total. The van der Waals surface area contributed by atoms with Gasteiger partial charge in [-0.1, -0.05) is 103 Å². The predicted molar refractivity (Wildman–Crippen MR) is 190 cm³/mol. The van der Waals surface area contributed by atoms with Gasteiger partial charge in [0.05, 0.1) is 16.7 Å². The Balaban J connectivity index is 1.33. The molecule has 0 aliphatic rings. The second kappa shape index (κ2) is 11.6. The molecule has 214 valence electrons. The van der Waals surface area contributed by atoms with E-state index in [-0.39, 0.29) is 0 Å². The maximum absolute atomic E-state index is 2.40. The molecule has 0 fully saturated rings. The molecule has 0 saturated carbocycles. The van der Waals surface area contributed by atoms with Crippen LogP contribution in [0.4, 0.5) is 34.1 Å². The first-order chi connectivity index (χ1) is 22.4. The normalized spacial score (nSPS) is 11.1. The molecule has 0 atom stereocenters. The topological polar surface area (TPSA) is 11.4 Å². The lowest BCUT2D eigenvalue weighted by atomic mass is 10.1. The van der Waals surface area contributed by atoms with Crippen LogP contribution < -0.4 is 9.80 Å². The van der Waals surface area contributed by atoms with Gasteiger partial charge < -0.3 is 14.4 Å². The van der Waals surface area contributed by atoms with Crippen molar-refractivity contribution >= 4 is 55.9 Å². The molecule has 0 radical (unpaired) electrons. The molecule has 0 amide bonds. The fraction of sp³-hybridized carbons (Fsp3) is 0. The minimum Gasteiger partial charge on any atom is -0.311 e. The van der Waals surface area contributed by atoms with Crippen LogP contribution >= 0.6 is 0 Å². The predicted octanol–water partition coefficient (Wildman–Crippen LogP) is 11.7. The van der Waals surface area contributed by atoms with Crippen LogP contribution in [0, 0.1) is 0 Å². The fourth-order valence-corrected chi connectivity index (χ4v) is 6.38. The van der Waals surface area contributed by atoms with Crippen molar-refractivity contribution in [2.24, 2.45) is 0 Å². The monoisotopic (exact) mass is 577 g/mol. The summed E-state index contributed by atoms with van der Waals surface area (Å²) in [5, 5.41) is 2.46. The van der Waals surface area contributed by atoms with Gasteiger partial charge in [0.25, 0.3) is 0 Å². The number of fused-ring (bicyclic) bond motifs is 3. The largest absolute Gasteiger partial charge is 0.311 e. The maximum atomic E-state index is 2.40. The van der Waals surface area contributed by atoms with E-state index in [1.54, 1.807) is 0 Å². The smallest absolute Gasteiger partial charge is 0.0782 e. The molecular formula is C42H31N3. The second-order valence-electron chi connectivity index (χ2n) is 11.1. The third-order valence-corrected chi connectivity index (χ3v) is 8.34. The molecule has 0 spiro atoms. The van der Waals surface area contributed by atoms with Crippen molar-refractivity contribution in [1.29, 1.82) is 0 Å². The summed E-state index contributed by atoms with van der Waals surface area (Å²) in [5.41, 5.74) is 10.1. The minimum atomic E-state index is 1.09. The Morgan fingerprint density at radius 2 is 0.733 bits per heavy atom. The molecule has 8 aromatic rings. The van der Waals surface area contributed by atoms with Crippen molar-refractivity contribution in [3.8, 4) is 5.69 Å². The highest BCUT2D eigenvalue weighted by Crippen LogP contribution is 2.44. The number of para-hydroxylation sites is 6. The Kier molecular flexibility index (Phi) is 6.82. The highest BCUT2D eigenvalue weighted by Gasteiger charge is 2.21. The number of hydrogen-bond acceptors (Lipinski definition) is 2. The first-order valence-electron chi connectivity index (χ1n) is 15.3. The van der Waals surface area contributed by atoms with Gasteiger partial charge in [-0.05, 0) is 84.9 Å². The summed E-state index contributed by atoms with van der Waals surface area (Å²) in [5.74, 6) is 0. The molecule has 0 bridgehead atoms. The van der Waals surface area contributed by atoms with Crippen LogP contribution in [0.1, 0.15) is 0 Å². The number of benzene rings is 7. The van der Waals surface area contributed by atoms with E-state index in [9.17, 15) is 0 Å². The summed E-state index contributed by atoms with van der Waals surface area (Å²) < 4.78 is 2.40. The molecule has 8 rings (SSSR count). The SMILES string of the molecule is c1ccc(N(c2ccccc2)c2ccc(N(c3ccccc3)c3cccc4c5ccccc5n(-c5ccccc5)c34)cc2)cc1. The highest BCUT2D eigenvalue weighted by molar-refractivity contribution is 6.14. The van der Waals surface area contributed by atoms with Crippen molar-refractivity contribution in [1.82, 2.24) is 4.57 Å². The molecule has 0 aliphatic heterocycles. The standard InChI is InChI=1S/C42H31N3/c1-5-16-32(17-6-1)43(33-18-7-2-8-19-33)36-28-30-37(31-29-36)44(34-20-9-3-10-21-34)41-27-15-25-39-38-24-13-14-26-40(38)45(42(39)41)35-22-11-4-12-23-35/h1-31H. The molecule has 45 heavy (non-hydrogen) atoms. The van der Waals surface area contributed by atoms with Crippen molar-refractivity contribution in [3.63, 3.8) is 0 Å². The van der Waals surface area contributed by atoms with Crippen molar-refractivity contribution in [2.75, 3.05) is 9.80 Å². The molecule has 1 heterocycles. The first-order valence-corrected chi connectivity index (χ1v) is 15.3. The van der Waals surface area contributed by atoms with Gasteiger partial charge in [0, 0.05) is 44.9 Å². The average molecular weight is 578 g/mol. The molecule has 3 heteroatoms. The van der Waals surface area contributed by atoms with Crippen molar-refractivity contribution < 1.29 is 0 Å². The Morgan fingerprint density at radius 1 is 0.311 bits per heavy atom. The lowest BCUT2D eigenvalue weighted by molar-refractivity contribution is 1.17. The highest BCUT2D eigenvalue weighted by atomic mass is 15.2. The van der Waals surface area contributed by atoms with Crippen molar-refractivity contribution in [2.45, 2.75) is 0 Å². The van der Waals surface area contributed by atoms with E-state index in [1.807, 2.05) is 0 Å². The minimum absolute atomic E-state index is 1.09. The summed E-state index contributed by atoms with van der Waals surface area (Å²) >= 11 is 0. The third kappa shape index (κ3) is 4.81. The number of rotatable bonds is 7. The molecule has 0 unspecified atom stereocenters. The average Bonchev–Trinajstić information content (AvgIpc) is 3.46. The lowest BCUT2D eigenvalue weighted by Crippen LogP contribution is -2.13. The number of nitrogens with zero attached hydrogens (tertiary/aromatic N) is 3. The molecule has 0 N–H and O–H groups in total. The summed E-state index contributed by atoms with van der Waals surface area (Å²) in [6.45, 7) is 0. The van der Waals surface area contributed by atoms with E-state index < -0.39 is 0 Å². The van der Waals surface area contributed by atoms with Gasteiger partial charge in [0.1, 0.15) is 0 Å². The van der Waals surface area contributed by atoms with Crippen molar-refractivity contribution in [3.05, 3.63) is 188 Å². The van der Waals surface area contributed by atoms with E-state index >= 15 is 0 Å². The van der Waals surface area contributed by atoms with Gasteiger partial charge in [-0.25, -0.2) is 0 Å². The first kappa shape index (κ1) is 26.6. The molecular weight excluding hydrogens is 546 g/mol. The van der Waals surface area contributed by atoms with Crippen LogP contribution in [0.2, 0.25) is 0 Å². The van der Waals surface area contributed by atoms with E-state index in [0.29, 0.717) is 0 Å². The van der Waals surface area contributed by atoms with Crippen LogP contribution in [0.3, 0.4) is 0 Å². The van der Waals surface area contributed by atoms with Crippen LogP contribution in [-0.4, -0.2) is 4.57 Å². The molecule has 1 aromatic heterocycles. The summed E-state index contributed by atoms with van der Waals surface area (Å²) in [6, 6.07) is 66.6. The van der Waals surface area contributed by atoms with Gasteiger partial charge in [0.2, 0.25) is 0 Å². The van der Waals surface area contributed by atoms with E-state index in [1.165, 1.54) is 21.8 Å². The van der Waals surface area contributed by atoms with Crippen LogP contribution in [-0.2, 0) is 0 Å². The van der Waals surface area contributed by atoms with Crippen LogP contribution in [0.15, 0.2) is 188 Å². The third-order valence-electron chi connectivity index (χ3n) is 8.34. The lowest BCUT2D eigenvalue weighted by Gasteiger charge is -2.29. The van der Waals surface area contributed by atoms with Gasteiger partial charge in [0.15, 0.2) is 0 Å². The van der Waals surface area contributed by atoms with Crippen LogP contribution in [0.5, 0.6) is 0 Å². The maximum Gasteiger partial charge on any atom is 0.0782 e. The molecule has 7 aromatic carbocycles. The zero-order valence-electron chi connectivity index (χ0n) is 24.7. The van der Waals surface area contributed by atoms with Crippen LogP contribution in [0.25, 0.3) is 27.5 Å². The molecule has 0 aliphatic carbocycles. The Hall–Kier alpha value is -6.06. The Labute approximate surface area is 263 Å². The Morgan fingerprint density at radius 3 is 1.31 bits per heavy atom. The quantitative estimate of drug-likeness (QED) is 0.187. The summed E-state index contributed by atoms with van der Waals surface area (Å²) in [6.07, 6.45) is 0. The van der Waals surface area contributed by atoms with Gasteiger partial charge in [-0.2, -0.15) is 0 Å². The summed E-state index contributed by atoms with van der Waals surface area (Å²) in [7, 11) is 0.